The van der Waals surface area contributed by atoms with Gasteiger partial charge in [-0.25, -0.2) is 15.8 Å². The first kappa shape index (κ1) is 15.7. The highest BCUT2D eigenvalue weighted by atomic mass is 16.2. The van der Waals surface area contributed by atoms with Gasteiger partial charge in [-0.15, -0.1) is 0 Å². The molecule has 0 unspecified atom stereocenters. The van der Waals surface area contributed by atoms with E-state index in [2.05, 4.69) is 4.98 Å². The van der Waals surface area contributed by atoms with Crippen LogP contribution in [0.3, 0.4) is 0 Å². The van der Waals surface area contributed by atoms with Gasteiger partial charge in [-0.05, 0) is 12.1 Å². The molecule has 1 aromatic carbocycles. The Hall–Kier alpha value is -2.73. The predicted octanol–water partition coefficient (Wildman–Crippen LogP) is 1.61. The van der Waals surface area contributed by atoms with Crippen molar-refractivity contribution in [2.45, 2.75) is 6.92 Å². The fourth-order valence-electron chi connectivity index (χ4n) is 1.95. The molecule has 6 nitrogen and oxygen atoms in total. The van der Waals surface area contributed by atoms with Gasteiger partial charge in [0, 0.05) is 26.6 Å². The SMILES string of the molecule is CC(=O)N(N)c1ccc(N(C)C)nc1C(=O)c1ccccc1. The van der Waals surface area contributed by atoms with E-state index in [9.17, 15) is 9.59 Å². The van der Waals surface area contributed by atoms with Crippen molar-refractivity contribution in [1.29, 1.82) is 0 Å². The quantitative estimate of drug-likeness (QED) is 0.401. The maximum atomic E-state index is 12.7. The summed E-state index contributed by atoms with van der Waals surface area (Å²) in [7, 11) is 3.65. The molecule has 1 aromatic heterocycles. The predicted molar refractivity (Wildman–Crippen MR) is 85.8 cm³/mol. The molecule has 0 fully saturated rings. The van der Waals surface area contributed by atoms with Gasteiger partial charge in [-0.3, -0.25) is 9.59 Å². The Labute approximate surface area is 129 Å². The summed E-state index contributed by atoms with van der Waals surface area (Å²) in [5.74, 6) is 5.71. The number of amides is 1. The zero-order chi connectivity index (χ0) is 16.3. The zero-order valence-electron chi connectivity index (χ0n) is 12.8. The molecule has 114 valence electrons. The molecule has 0 radical (unpaired) electrons. The van der Waals surface area contributed by atoms with E-state index in [1.807, 2.05) is 20.2 Å². The first-order valence-electron chi connectivity index (χ1n) is 6.75. The Balaban J connectivity index is 2.57. The van der Waals surface area contributed by atoms with Gasteiger partial charge in [0.15, 0.2) is 0 Å². The minimum absolute atomic E-state index is 0.148. The molecule has 1 amide bonds. The Morgan fingerprint density at radius 1 is 1.05 bits per heavy atom. The van der Waals surface area contributed by atoms with Crippen LogP contribution in [0.25, 0.3) is 0 Å². The molecule has 0 atom stereocenters. The molecule has 2 aromatic rings. The van der Waals surface area contributed by atoms with E-state index in [1.165, 1.54) is 6.92 Å². The fraction of sp³-hybridized carbons (Fsp3) is 0.188. The van der Waals surface area contributed by atoms with Gasteiger partial charge in [0.05, 0.1) is 5.69 Å². The minimum atomic E-state index is -0.374. The number of carbonyl (C=O) groups excluding carboxylic acids is 2. The molecule has 1 heterocycles. The number of nitrogens with zero attached hydrogens (tertiary/aromatic N) is 3. The second-order valence-electron chi connectivity index (χ2n) is 5.02. The largest absolute Gasteiger partial charge is 0.363 e. The maximum absolute atomic E-state index is 12.7. The van der Waals surface area contributed by atoms with Crippen LogP contribution in [0, 0.1) is 0 Å². The summed E-state index contributed by atoms with van der Waals surface area (Å²) in [5.41, 5.74) is 0.922. The third kappa shape index (κ3) is 3.12. The molecule has 0 aliphatic heterocycles. The lowest BCUT2D eigenvalue weighted by molar-refractivity contribution is -0.116. The molecule has 22 heavy (non-hydrogen) atoms. The van der Waals surface area contributed by atoms with E-state index >= 15 is 0 Å². The number of carbonyl (C=O) groups is 2. The van der Waals surface area contributed by atoms with Gasteiger partial charge in [-0.1, -0.05) is 30.3 Å². The average molecular weight is 298 g/mol. The van der Waals surface area contributed by atoms with Gasteiger partial charge in [0.2, 0.25) is 11.7 Å². The number of benzene rings is 1. The smallest absolute Gasteiger partial charge is 0.238 e. The highest BCUT2D eigenvalue weighted by molar-refractivity contribution is 6.12. The van der Waals surface area contributed by atoms with E-state index in [1.54, 1.807) is 41.3 Å². The molecule has 2 rings (SSSR count). The number of nitrogens with two attached hydrogens (primary N) is 1. The Morgan fingerprint density at radius 2 is 1.68 bits per heavy atom. The fourth-order valence-corrected chi connectivity index (χ4v) is 1.95. The van der Waals surface area contributed by atoms with Gasteiger partial charge < -0.3 is 4.90 Å². The van der Waals surface area contributed by atoms with Crippen LogP contribution in [0.2, 0.25) is 0 Å². The van der Waals surface area contributed by atoms with Gasteiger partial charge in [0.25, 0.3) is 0 Å². The van der Waals surface area contributed by atoms with E-state index in [0.29, 0.717) is 11.4 Å². The van der Waals surface area contributed by atoms with Crippen molar-refractivity contribution in [1.82, 2.24) is 4.98 Å². The molecule has 0 saturated heterocycles. The number of rotatable bonds is 4. The summed E-state index contributed by atoms with van der Waals surface area (Å²) in [4.78, 5) is 30.4. The van der Waals surface area contributed by atoms with Gasteiger partial charge in [0.1, 0.15) is 11.5 Å². The molecular formula is C16H18N4O2. The molecule has 0 saturated carbocycles. The van der Waals surface area contributed by atoms with Crippen molar-refractivity contribution >= 4 is 23.2 Å². The summed E-state index contributed by atoms with van der Waals surface area (Å²) in [5, 5.41) is 0.933. The van der Waals surface area contributed by atoms with Crippen LogP contribution in [0.1, 0.15) is 23.0 Å². The normalized spacial score (nSPS) is 10.2. The van der Waals surface area contributed by atoms with Crippen LogP contribution < -0.4 is 15.8 Å². The summed E-state index contributed by atoms with van der Waals surface area (Å²) in [6.07, 6.45) is 0. The molecule has 0 spiro atoms. The van der Waals surface area contributed by atoms with Crippen LogP contribution in [-0.4, -0.2) is 30.8 Å². The summed E-state index contributed by atoms with van der Waals surface area (Å²) < 4.78 is 0. The van der Waals surface area contributed by atoms with Crippen LogP contribution in [0.4, 0.5) is 11.5 Å². The zero-order valence-corrected chi connectivity index (χ0v) is 12.8. The van der Waals surface area contributed by atoms with Crippen LogP contribution >= 0.6 is 0 Å². The Bertz CT molecular complexity index is 699. The first-order chi connectivity index (χ1) is 10.4. The van der Waals surface area contributed by atoms with E-state index in [-0.39, 0.29) is 23.1 Å². The van der Waals surface area contributed by atoms with Crippen molar-refractivity contribution < 1.29 is 9.59 Å². The molecule has 2 N–H and O–H groups in total. The number of hydrogen-bond acceptors (Lipinski definition) is 5. The molecule has 6 heteroatoms. The number of pyridine rings is 1. The van der Waals surface area contributed by atoms with E-state index < -0.39 is 0 Å². The summed E-state index contributed by atoms with van der Waals surface area (Å²) in [6.45, 7) is 1.33. The van der Waals surface area contributed by atoms with Crippen molar-refractivity contribution in [3.63, 3.8) is 0 Å². The lowest BCUT2D eigenvalue weighted by atomic mass is 10.1. The Kier molecular flexibility index (Phi) is 4.53. The van der Waals surface area contributed by atoms with Crippen molar-refractivity contribution in [3.05, 3.63) is 53.7 Å². The maximum Gasteiger partial charge on any atom is 0.238 e. The molecule has 0 aliphatic carbocycles. The Morgan fingerprint density at radius 3 is 2.23 bits per heavy atom. The second kappa shape index (κ2) is 6.36. The number of anilines is 2. The summed E-state index contributed by atoms with van der Waals surface area (Å²) >= 11 is 0. The average Bonchev–Trinajstić information content (AvgIpc) is 2.53. The standard InChI is InChI=1S/C16H18N4O2/c1-11(21)20(17)13-9-10-14(19(2)3)18-15(13)16(22)12-7-5-4-6-8-12/h4-10H,17H2,1-3H3. The monoisotopic (exact) mass is 298 g/mol. The molecule has 0 bridgehead atoms. The van der Waals surface area contributed by atoms with Crippen molar-refractivity contribution in [3.8, 4) is 0 Å². The number of aromatic nitrogens is 1. The van der Waals surface area contributed by atoms with E-state index in [4.69, 9.17) is 5.84 Å². The lowest BCUT2D eigenvalue weighted by Gasteiger charge is -2.20. The van der Waals surface area contributed by atoms with Gasteiger partial charge >= 0.3 is 0 Å². The number of hydrazine groups is 1. The minimum Gasteiger partial charge on any atom is -0.363 e. The van der Waals surface area contributed by atoms with Crippen molar-refractivity contribution in [2.24, 2.45) is 5.84 Å². The molecule has 0 aliphatic rings. The summed E-state index contributed by atoms with van der Waals surface area (Å²) in [6, 6.07) is 12.1. The highest BCUT2D eigenvalue weighted by Gasteiger charge is 2.21. The lowest BCUT2D eigenvalue weighted by Crippen LogP contribution is -2.37. The number of ketones is 1. The third-order valence-corrected chi connectivity index (χ3v) is 3.17. The second-order valence-corrected chi connectivity index (χ2v) is 5.02. The number of hydrogen-bond donors (Lipinski definition) is 1. The van der Waals surface area contributed by atoms with Crippen LogP contribution in [0.5, 0.6) is 0 Å². The van der Waals surface area contributed by atoms with E-state index in [0.717, 1.165) is 5.01 Å². The first-order valence-corrected chi connectivity index (χ1v) is 6.75. The topological polar surface area (TPSA) is 79.5 Å². The molecular weight excluding hydrogens is 280 g/mol. The van der Waals surface area contributed by atoms with Gasteiger partial charge in [-0.2, -0.15) is 0 Å². The van der Waals surface area contributed by atoms with Crippen molar-refractivity contribution in [2.75, 3.05) is 24.0 Å². The third-order valence-electron chi connectivity index (χ3n) is 3.17. The highest BCUT2D eigenvalue weighted by Crippen LogP contribution is 2.23. The van der Waals surface area contributed by atoms with Crippen LogP contribution in [0.15, 0.2) is 42.5 Å². The van der Waals surface area contributed by atoms with Crippen LogP contribution in [-0.2, 0) is 4.79 Å².